The van der Waals surface area contributed by atoms with E-state index in [0.717, 1.165) is 18.8 Å². The largest absolute Gasteiger partial charge is 0.508 e. The van der Waals surface area contributed by atoms with E-state index in [4.69, 9.17) is 11.6 Å². The molecule has 0 radical (unpaired) electrons. The van der Waals surface area contributed by atoms with E-state index in [9.17, 15) is 19.8 Å². The number of carbonyl (C=O) groups is 2. The molecular weight excluding hydrogens is 394 g/mol. The molecule has 0 aromatic heterocycles. The molecule has 1 saturated heterocycles. The molecule has 0 unspecified atom stereocenters. The number of aliphatic carboxylic acids is 1. The van der Waals surface area contributed by atoms with Crippen LogP contribution >= 0.6 is 11.6 Å². The number of aromatic hydroxyl groups is 1. The maximum absolute atomic E-state index is 12.3. The molecule has 2 aromatic rings. The third-order valence-corrected chi connectivity index (χ3v) is 5.17. The summed E-state index contributed by atoms with van der Waals surface area (Å²) in [7, 11) is 0. The number of nitrogens with zero attached hydrogens (tertiary/aromatic N) is 2. The van der Waals surface area contributed by atoms with E-state index in [-0.39, 0.29) is 18.1 Å². The summed E-state index contributed by atoms with van der Waals surface area (Å²) in [4.78, 5) is 28.2. The lowest BCUT2D eigenvalue weighted by molar-refractivity contribution is -0.144. The summed E-state index contributed by atoms with van der Waals surface area (Å²) in [5.74, 6) is -2.14. The lowest BCUT2D eigenvalue weighted by Gasteiger charge is -2.37. The zero-order valence-corrected chi connectivity index (χ0v) is 16.7. The van der Waals surface area contributed by atoms with Crippen LogP contribution in [0.25, 0.3) is 0 Å². The maximum Gasteiger partial charge on any atom is 0.308 e. The number of phenolic OH excluding ortho intramolecular Hbond substituents is 1. The highest BCUT2D eigenvalue weighted by Crippen LogP contribution is 2.21. The Morgan fingerprint density at radius 3 is 2.45 bits per heavy atom. The van der Waals surface area contributed by atoms with E-state index in [0.29, 0.717) is 30.3 Å². The van der Waals surface area contributed by atoms with Gasteiger partial charge in [0, 0.05) is 61.6 Å². The van der Waals surface area contributed by atoms with Crippen molar-refractivity contribution in [1.82, 2.24) is 4.90 Å². The van der Waals surface area contributed by atoms with Crippen LogP contribution in [0.15, 0.2) is 48.5 Å². The van der Waals surface area contributed by atoms with E-state index >= 15 is 0 Å². The van der Waals surface area contributed by atoms with Crippen LogP contribution in [-0.2, 0) is 9.59 Å². The first-order valence-corrected chi connectivity index (χ1v) is 9.83. The van der Waals surface area contributed by atoms with Crippen LogP contribution in [0.1, 0.15) is 6.42 Å². The van der Waals surface area contributed by atoms with Gasteiger partial charge in [0.1, 0.15) is 5.75 Å². The molecule has 1 aliphatic rings. The van der Waals surface area contributed by atoms with Gasteiger partial charge in [0.2, 0.25) is 5.91 Å². The van der Waals surface area contributed by atoms with Crippen molar-refractivity contribution in [2.75, 3.05) is 42.9 Å². The van der Waals surface area contributed by atoms with Gasteiger partial charge in [-0.15, -0.1) is 0 Å². The first kappa shape index (κ1) is 21.0. The minimum absolute atomic E-state index is 0.0372. The molecular formula is C21H24ClN3O4. The number of carboxylic acid groups (broad SMARTS) is 1. The number of halogens is 1. The Morgan fingerprint density at radius 1 is 1.07 bits per heavy atom. The molecule has 1 fully saturated rings. The lowest BCUT2D eigenvalue weighted by Crippen LogP contribution is -2.48. The molecule has 1 atom stereocenters. The molecule has 2 aromatic carbocycles. The topological polar surface area (TPSA) is 93.1 Å². The number of carbonyl (C=O) groups excluding carboxylic acids is 1. The van der Waals surface area contributed by atoms with Crippen LogP contribution < -0.4 is 10.2 Å². The summed E-state index contributed by atoms with van der Waals surface area (Å²) in [6.07, 6.45) is -0.125. The first-order chi connectivity index (χ1) is 13.9. The second-order valence-corrected chi connectivity index (χ2v) is 7.54. The molecule has 0 spiro atoms. The van der Waals surface area contributed by atoms with Gasteiger partial charge < -0.3 is 20.4 Å². The van der Waals surface area contributed by atoms with Gasteiger partial charge in [-0.3, -0.25) is 14.5 Å². The fraction of sp³-hybridized carbons (Fsp3) is 0.333. The second kappa shape index (κ2) is 9.62. The number of anilines is 2. The Kier molecular flexibility index (Phi) is 6.95. The minimum Gasteiger partial charge on any atom is -0.508 e. The predicted molar refractivity (Wildman–Crippen MR) is 113 cm³/mol. The van der Waals surface area contributed by atoms with Crippen molar-refractivity contribution in [3.05, 3.63) is 53.6 Å². The molecule has 1 amide bonds. The number of nitrogens with one attached hydrogen (secondary N) is 1. The summed E-state index contributed by atoms with van der Waals surface area (Å²) in [5, 5.41) is 22.3. The fourth-order valence-electron chi connectivity index (χ4n) is 3.42. The van der Waals surface area contributed by atoms with Crippen molar-refractivity contribution in [3.63, 3.8) is 0 Å². The zero-order chi connectivity index (χ0) is 20.8. The third-order valence-electron chi connectivity index (χ3n) is 4.94. The highest BCUT2D eigenvalue weighted by molar-refractivity contribution is 6.30. The van der Waals surface area contributed by atoms with Gasteiger partial charge in [-0.2, -0.15) is 0 Å². The number of benzene rings is 2. The molecule has 154 valence electrons. The second-order valence-electron chi connectivity index (χ2n) is 7.11. The van der Waals surface area contributed by atoms with Gasteiger partial charge in [0.25, 0.3) is 0 Å². The number of carboxylic acids is 1. The van der Waals surface area contributed by atoms with Crippen molar-refractivity contribution in [1.29, 1.82) is 0 Å². The summed E-state index contributed by atoms with van der Waals surface area (Å²) < 4.78 is 0. The molecule has 8 heteroatoms. The molecule has 1 aliphatic heterocycles. The van der Waals surface area contributed by atoms with Crippen LogP contribution in [0.4, 0.5) is 11.4 Å². The van der Waals surface area contributed by atoms with E-state index in [1.807, 2.05) is 24.3 Å². The van der Waals surface area contributed by atoms with Crippen LogP contribution in [-0.4, -0.2) is 59.7 Å². The van der Waals surface area contributed by atoms with E-state index in [1.54, 1.807) is 12.1 Å². The maximum atomic E-state index is 12.3. The molecule has 3 N–H and O–H groups in total. The molecule has 0 aliphatic carbocycles. The Morgan fingerprint density at radius 2 is 1.79 bits per heavy atom. The third kappa shape index (κ3) is 6.10. The lowest BCUT2D eigenvalue weighted by atomic mass is 10.0. The number of phenols is 1. The van der Waals surface area contributed by atoms with Gasteiger partial charge in [-0.25, -0.2) is 0 Å². The minimum atomic E-state index is -0.992. The summed E-state index contributed by atoms with van der Waals surface area (Å²) in [6.45, 7) is 3.27. The first-order valence-electron chi connectivity index (χ1n) is 9.45. The SMILES string of the molecule is O=C(C[C@@H](CN1CCN(c2cccc(Cl)c2)CC1)C(=O)O)Nc1cccc(O)c1. The molecule has 29 heavy (non-hydrogen) atoms. The summed E-state index contributed by atoms with van der Waals surface area (Å²) >= 11 is 6.06. The number of hydrogen-bond acceptors (Lipinski definition) is 5. The Labute approximate surface area is 174 Å². The Balaban J connectivity index is 1.52. The fourth-order valence-corrected chi connectivity index (χ4v) is 3.61. The van der Waals surface area contributed by atoms with Gasteiger partial charge in [0.05, 0.1) is 5.92 Å². The highest BCUT2D eigenvalue weighted by atomic mass is 35.5. The van der Waals surface area contributed by atoms with Crippen molar-refractivity contribution in [2.24, 2.45) is 5.92 Å². The van der Waals surface area contributed by atoms with Crippen molar-refractivity contribution in [3.8, 4) is 5.75 Å². The van der Waals surface area contributed by atoms with Crippen LogP contribution in [0, 0.1) is 5.92 Å². The molecule has 7 nitrogen and oxygen atoms in total. The van der Waals surface area contributed by atoms with E-state index in [1.165, 1.54) is 12.1 Å². The van der Waals surface area contributed by atoms with Crippen LogP contribution in [0.2, 0.25) is 5.02 Å². The Bertz CT molecular complexity index is 869. The van der Waals surface area contributed by atoms with Crippen molar-refractivity contribution >= 4 is 34.9 Å². The van der Waals surface area contributed by atoms with Gasteiger partial charge in [-0.05, 0) is 30.3 Å². The number of amides is 1. The molecule has 1 heterocycles. The normalized spacial score (nSPS) is 15.7. The average Bonchev–Trinajstić information content (AvgIpc) is 2.68. The number of piperazine rings is 1. The predicted octanol–water partition coefficient (Wildman–Crippen LogP) is 2.90. The van der Waals surface area contributed by atoms with E-state index in [2.05, 4.69) is 15.1 Å². The summed E-state index contributed by atoms with van der Waals surface area (Å²) in [6, 6.07) is 13.8. The molecule has 3 rings (SSSR count). The van der Waals surface area contributed by atoms with Gasteiger partial charge in [-0.1, -0.05) is 23.7 Å². The van der Waals surface area contributed by atoms with Gasteiger partial charge >= 0.3 is 5.97 Å². The standard InChI is InChI=1S/C21H24ClN3O4/c22-16-3-1-5-18(12-16)25-9-7-24(8-10-25)14-15(21(28)29)11-20(27)23-17-4-2-6-19(26)13-17/h1-6,12-13,15,26H,7-11,14H2,(H,23,27)(H,28,29)/t15-/m0/s1. The van der Waals surface area contributed by atoms with E-state index < -0.39 is 11.9 Å². The number of rotatable bonds is 7. The van der Waals surface area contributed by atoms with Gasteiger partial charge in [0.15, 0.2) is 0 Å². The Hall–Kier alpha value is -2.77. The zero-order valence-electron chi connectivity index (χ0n) is 15.9. The van der Waals surface area contributed by atoms with Crippen molar-refractivity contribution in [2.45, 2.75) is 6.42 Å². The monoisotopic (exact) mass is 417 g/mol. The number of hydrogen-bond donors (Lipinski definition) is 3. The van der Waals surface area contributed by atoms with Crippen molar-refractivity contribution < 1.29 is 19.8 Å². The van der Waals surface area contributed by atoms with Crippen LogP contribution in [0.5, 0.6) is 5.75 Å². The highest BCUT2D eigenvalue weighted by Gasteiger charge is 2.26. The quantitative estimate of drug-likeness (QED) is 0.641. The average molecular weight is 418 g/mol. The molecule has 0 bridgehead atoms. The summed E-state index contributed by atoms with van der Waals surface area (Å²) in [5.41, 5.74) is 1.49. The van der Waals surface area contributed by atoms with Crippen LogP contribution in [0.3, 0.4) is 0 Å². The smallest absolute Gasteiger partial charge is 0.308 e. The molecule has 0 saturated carbocycles.